The third-order valence-corrected chi connectivity index (χ3v) is 2.64. The molecule has 1 aromatic carbocycles. The number of hydrogen-bond acceptors (Lipinski definition) is 1. The first-order valence-corrected chi connectivity index (χ1v) is 4.99. The monoisotopic (exact) mass is 191 g/mol. The second kappa shape index (κ2) is 3.93. The van der Waals surface area contributed by atoms with Gasteiger partial charge in [-0.3, -0.25) is 0 Å². The normalized spacial score (nSPS) is 15.0. The van der Waals surface area contributed by atoms with E-state index in [9.17, 15) is 4.39 Å². The number of fused-ring (bicyclic) bond motifs is 1. The number of hydrogen-bond donors (Lipinski definition) is 1. The predicted octanol–water partition coefficient (Wildman–Crippen LogP) is 2.29. The van der Waals surface area contributed by atoms with Gasteiger partial charge in [0.15, 0.2) is 0 Å². The van der Waals surface area contributed by atoms with Crippen LogP contribution in [0, 0.1) is 5.82 Å². The Kier molecular flexibility index (Phi) is 2.64. The minimum Gasteiger partial charge on any atom is -0.327 e. The topological polar surface area (TPSA) is 26.0 Å². The first-order chi connectivity index (χ1) is 6.81. The predicted molar refractivity (Wildman–Crippen MR) is 56.5 cm³/mol. The molecular formula is C12H14FN. The van der Waals surface area contributed by atoms with Gasteiger partial charge in [-0.15, -0.1) is 0 Å². The fourth-order valence-corrected chi connectivity index (χ4v) is 1.94. The first kappa shape index (κ1) is 9.41. The van der Waals surface area contributed by atoms with Crippen molar-refractivity contribution in [3.63, 3.8) is 0 Å². The van der Waals surface area contributed by atoms with Crippen LogP contribution in [-0.4, -0.2) is 6.54 Å². The molecule has 0 unspecified atom stereocenters. The van der Waals surface area contributed by atoms with Crippen LogP contribution in [0.2, 0.25) is 0 Å². The molecule has 0 bridgehead atoms. The molecule has 2 heteroatoms. The maximum absolute atomic E-state index is 13.5. The molecule has 1 nitrogen and oxygen atoms in total. The number of benzene rings is 1. The van der Waals surface area contributed by atoms with Crippen molar-refractivity contribution in [1.82, 2.24) is 0 Å². The molecule has 1 aromatic rings. The van der Waals surface area contributed by atoms with E-state index < -0.39 is 0 Å². The second-order valence-corrected chi connectivity index (χ2v) is 3.63. The van der Waals surface area contributed by atoms with E-state index in [2.05, 4.69) is 0 Å². The summed E-state index contributed by atoms with van der Waals surface area (Å²) in [5.41, 5.74) is 8.46. The van der Waals surface area contributed by atoms with Crippen LogP contribution < -0.4 is 5.73 Å². The Morgan fingerprint density at radius 1 is 1.29 bits per heavy atom. The average Bonchev–Trinajstić information content (AvgIpc) is 2.61. The Labute approximate surface area is 83.4 Å². The van der Waals surface area contributed by atoms with E-state index in [4.69, 9.17) is 5.73 Å². The average molecular weight is 191 g/mol. The van der Waals surface area contributed by atoms with Gasteiger partial charge in [-0.2, -0.15) is 0 Å². The summed E-state index contributed by atoms with van der Waals surface area (Å²) in [7, 11) is 0. The maximum Gasteiger partial charge on any atom is 0.130 e. The molecule has 1 aliphatic carbocycles. The molecule has 14 heavy (non-hydrogen) atoms. The summed E-state index contributed by atoms with van der Waals surface area (Å²) < 4.78 is 13.5. The molecule has 1 aliphatic rings. The minimum absolute atomic E-state index is 0.129. The van der Waals surface area contributed by atoms with Gasteiger partial charge in [0.2, 0.25) is 0 Å². The smallest absolute Gasteiger partial charge is 0.130 e. The number of aryl methyl sites for hydroxylation is 2. The van der Waals surface area contributed by atoms with Crippen LogP contribution in [-0.2, 0) is 12.8 Å². The zero-order valence-electron chi connectivity index (χ0n) is 8.09. The summed E-state index contributed by atoms with van der Waals surface area (Å²) in [5.74, 6) is -0.129. The molecule has 0 aromatic heterocycles. The van der Waals surface area contributed by atoms with Crippen LogP contribution in [0.4, 0.5) is 4.39 Å². The second-order valence-electron chi connectivity index (χ2n) is 3.63. The molecule has 0 heterocycles. The van der Waals surface area contributed by atoms with E-state index in [1.54, 1.807) is 18.2 Å². The summed E-state index contributed by atoms with van der Waals surface area (Å²) in [6.45, 7) is 0.455. The van der Waals surface area contributed by atoms with Gasteiger partial charge in [0.05, 0.1) is 0 Å². The van der Waals surface area contributed by atoms with Crippen molar-refractivity contribution in [3.8, 4) is 0 Å². The highest BCUT2D eigenvalue weighted by molar-refractivity contribution is 5.53. The molecule has 0 atom stereocenters. The molecule has 0 radical (unpaired) electrons. The van der Waals surface area contributed by atoms with E-state index in [1.807, 2.05) is 6.07 Å². The molecule has 0 aliphatic heterocycles. The van der Waals surface area contributed by atoms with Crippen LogP contribution in [0.15, 0.2) is 18.2 Å². The van der Waals surface area contributed by atoms with Crippen LogP contribution in [0.3, 0.4) is 0 Å². The zero-order valence-corrected chi connectivity index (χ0v) is 8.09. The first-order valence-electron chi connectivity index (χ1n) is 4.99. The van der Waals surface area contributed by atoms with Crippen molar-refractivity contribution in [1.29, 1.82) is 0 Å². The third-order valence-electron chi connectivity index (χ3n) is 2.64. The van der Waals surface area contributed by atoms with Gasteiger partial charge in [0, 0.05) is 12.1 Å². The fraction of sp³-hybridized carbons (Fsp3) is 0.333. The van der Waals surface area contributed by atoms with Crippen molar-refractivity contribution in [3.05, 3.63) is 40.7 Å². The van der Waals surface area contributed by atoms with E-state index in [0.717, 1.165) is 19.3 Å². The van der Waals surface area contributed by atoms with Crippen molar-refractivity contribution >= 4 is 6.08 Å². The molecular weight excluding hydrogens is 177 g/mol. The molecule has 0 fully saturated rings. The van der Waals surface area contributed by atoms with Gasteiger partial charge < -0.3 is 5.73 Å². The van der Waals surface area contributed by atoms with Gasteiger partial charge in [-0.1, -0.05) is 12.2 Å². The molecule has 74 valence electrons. The van der Waals surface area contributed by atoms with Crippen molar-refractivity contribution < 1.29 is 4.39 Å². The lowest BCUT2D eigenvalue weighted by atomic mass is 10.1. The molecule has 2 N–H and O–H groups in total. The highest BCUT2D eigenvalue weighted by atomic mass is 19.1. The summed E-state index contributed by atoms with van der Waals surface area (Å²) in [5, 5.41) is 0. The van der Waals surface area contributed by atoms with Crippen LogP contribution in [0.25, 0.3) is 6.08 Å². The summed E-state index contributed by atoms with van der Waals surface area (Å²) >= 11 is 0. The minimum atomic E-state index is -0.129. The number of rotatable bonds is 2. The lowest BCUT2D eigenvalue weighted by Gasteiger charge is -2.02. The van der Waals surface area contributed by atoms with E-state index in [1.165, 1.54) is 11.1 Å². The van der Waals surface area contributed by atoms with Gasteiger partial charge in [-0.05, 0) is 42.5 Å². The largest absolute Gasteiger partial charge is 0.327 e. The Morgan fingerprint density at radius 3 is 2.71 bits per heavy atom. The van der Waals surface area contributed by atoms with Crippen molar-refractivity contribution in [2.45, 2.75) is 19.3 Å². The SMILES string of the molecule is NC/C=C/c1cc2c(cc1F)CCC2. The molecule has 0 saturated heterocycles. The Morgan fingerprint density at radius 2 is 2.00 bits per heavy atom. The third kappa shape index (κ3) is 1.70. The molecule has 0 amide bonds. The van der Waals surface area contributed by atoms with Gasteiger partial charge in [0.25, 0.3) is 0 Å². The molecule has 0 saturated carbocycles. The summed E-state index contributed by atoms with van der Waals surface area (Å²) in [6.07, 6.45) is 6.79. The number of halogens is 1. The Balaban J connectivity index is 2.37. The Hall–Kier alpha value is -1.15. The van der Waals surface area contributed by atoms with E-state index >= 15 is 0 Å². The Bertz CT molecular complexity index is 369. The van der Waals surface area contributed by atoms with Crippen molar-refractivity contribution in [2.24, 2.45) is 5.73 Å². The van der Waals surface area contributed by atoms with Crippen LogP contribution >= 0.6 is 0 Å². The fourth-order valence-electron chi connectivity index (χ4n) is 1.94. The zero-order chi connectivity index (χ0) is 9.97. The van der Waals surface area contributed by atoms with Crippen molar-refractivity contribution in [2.75, 3.05) is 6.54 Å². The summed E-state index contributed by atoms with van der Waals surface area (Å²) in [6, 6.07) is 3.61. The lowest BCUT2D eigenvalue weighted by molar-refractivity contribution is 0.623. The highest BCUT2D eigenvalue weighted by Gasteiger charge is 2.13. The van der Waals surface area contributed by atoms with Crippen LogP contribution in [0.1, 0.15) is 23.1 Å². The van der Waals surface area contributed by atoms with Gasteiger partial charge in [-0.25, -0.2) is 4.39 Å². The van der Waals surface area contributed by atoms with Gasteiger partial charge >= 0.3 is 0 Å². The molecule has 0 spiro atoms. The highest BCUT2D eigenvalue weighted by Crippen LogP contribution is 2.25. The maximum atomic E-state index is 13.5. The van der Waals surface area contributed by atoms with E-state index in [-0.39, 0.29) is 5.82 Å². The summed E-state index contributed by atoms with van der Waals surface area (Å²) in [4.78, 5) is 0. The molecule has 2 rings (SSSR count). The van der Waals surface area contributed by atoms with E-state index in [0.29, 0.717) is 12.1 Å². The quantitative estimate of drug-likeness (QED) is 0.762. The van der Waals surface area contributed by atoms with Gasteiger partial charge in [0.1, 0.15) is 5.82 Å². The van der Waals surface area contributed by atoms with Crippen LogP contribution in [0.5, 0.6) is 0 Å². The number of nitrogens with two attached hydrogens (primary N) is 1. The lowest BCUT2D eigenvalue weighted by Crippen LogP contribution is -1.93. The standard InChI is InChI=1S/C12H14FN/c13-12-8-10-4-1-3-9(10)7-11(12)5-2-6-14/h2,5,7-8H,1,3-4,6,14H2/b5-2+.